The maximum Gasteiger partial charge on any atom is 0.161 e. The van der Waals surface area contributed by atoms with E-state index in [9.17, 15) is 0 Å². The predicted octanol–water partition coefficient (Wildman–Crippen LogP) is 1.78. The van der Waals surface area contributed by atoms with Gasteiger partial charge in [0.05, 0.1) is 5.69 Å². The molecule has 0 N–H and O–H groups in total. The van der Waals surface area contributed by atoms with E-state index in [4.69, 9.17) is 4.74 Å². The first-order valence-corrected chi connectivity index (χ1v) is 3.72. The minimum atomic E-state index is 0.679. The molecule has 0 amide bonds. The number of rotatable bonds is 0. The van der Waals surface area contributed by atoms with Crippen molar-refractivity contribution in [2.75, 3.05) is 18.7 Å². The topological polar surface area (TPSA) is 12.5 Å². The average Bonchev–Trinajstić information content (AvgIpc) is 2.33. The second kappa shape index (κ2) is 2.16. The molecule has 2 rings (SSSR count). The second-order valence-corrected chi connectivity index (χ2v) is 2.94. The molecule has 1 aliphatic heterocycles. The molecule has 1 heterocycles. The summed E-state index contributed by atoms with van der Waals surface area (Å²) in [6, 6.07) is 6.23. The van der Waals surface area contributed by atoms with E-state index in [-0.39, 0.29) is 0 Å². The lowest BCUT2D eigenvalue weighted by molar-refractivity contribution is 0.353. The second-order valence-electron chi connectivity index (χ2n) is 2.94. The lowest BCUT2D eigenvalue weighted by Crippen LogP contribution is -2.14. The number of aryl methyl sites for hydroxylation is 1. The maximum atomic E-state index is 5.39. The first-order valence-electron chi connectivity index (χ1n) is 3.72. The van der Waals surface area contributed by atoms with Gasteiger partial charge in [-0.25, -0.2) is 0 Å². The van der Waals surface area contributed by atoms with Crippen molar-refractivity contribution < 1.29 is 4.74 Å². The van der Waals surface area contributed by atoms with E-state index in [0.717, 1.165) is 5.75 Å². The summed E-state index contributed by atoms with van der Waals surface area (Å²) in [6.07, 6.45) is 0. The summed E-state index contributed by atoms with van der Waals surface area (Å²) in [4.78, 5) is 2.10. The van der Waals surface area contributed by atoms with Crippen molar-refractivity contribution in [1.82, 2.24) is 0 Å². The van der Waals surface area contributed by atoms with Crippen LogP contribution in [0.3, 0.4) is 0 Å². The van der Waals surface area contributed by atoms with Gasteiger partial charge in [-0.3, -0.25) is 0 Å². The van der Waals surface area contributed by atoms with Crippen LogP contribution in [0.25, 0.3) is 0 Å². The van der Waals surface area contributed by atoms with Gasteiger partial charge < -0.3 is 9.64 Å². The highest BCUT2D eigenvalue weighted by Gasteiger charge is 2.15. The predicted molar refractivity (Wildman–Crippen MR) is 45.1 cm³/mol. The Hall–Kier alpha value is -1.18. The van der Waals surface area contributed by atoms with Crippen molar-refractivity contribution in [3.8, 4) is 5.75 Å². The van der Waals surface area contributed by atoms with Gasteiger partial charge in [0.15, 0.2) is 6.73 Å². The molecular weight excluding hydrogens is 138 g/mol. The van der Waals surface area contributed by atoms with Gasteiger partial charge in [-0.05, 0) is 24.6 Å². The van der Waals surface area contributed by atoms with Crippen LogP contribution < -0.4 is 9.64 Å². The smallest absolute Gasteiger partial charge is 0.161 e. The van der Waals surface area contributed by atoms with E-state index in [0.29, 0.717) is 6.73 Å². The molecular formula is C9H11NO. The van der Waals surface area contributed by atoms with Crippen LogP contribution in [0.5, 0.6) is 5.75 Å². The molecule has 0 unspecified atom stereocenters. The molecule has 2 nitrogen and oxygen atoms in total. The number of nitrogens with zero attached hydrogens (tertiary/aromatic N) is 1. The molecule has 0 fully saturated rings. The van der Waals surface area contributed by atoms with Crippen LogP contribution in [0.1, 0.15) is 5.56 Å². The summed E-state index contributed by atoms with van der Waals surface area (Å²) in [5, 5.41) is 0. The Kier molecular flexibility index (Phi) is 1.28. The molecule has 0 bridgehead atoms. The number of benzene rings is 1. The van der Waals surface area contributed by atoms with Crippen LogP contribution in [0, 0.1) is 6.92 Å². The summed E-state index contributed by atoms with van der Waals surface area (Å²) < 4.78 is 5.39. The standard InChI is InChI=1S/C9H11NO/c1-7-3-4-9-8(5-7)10(2)6-11-9/h3-5H,6H2,1-2H3. The number of hydrogen-bond donors (Lipinski definition) is 0. The molecule has 0 radical (unpaired) electrons. The van der Waals surface area contributed by atoms with Gasteiger partial charge in [0.25, 0.3) is 0 Å². The molecule has 0 atom stereocenters. The Morgan fingerprint density at radius 1 is 1.45 bits per heavy atom. The number of ether oxygens (including phenoxy) is 1. The van der Waals surface area contributed by atoms with Crippen LogP contribution in [0.4, 0.5) is 5.69 Å². The molecule has 1 aromatic rings. The van der Waals surface area contributed by atoms with Gasteiger partial charge in [-0.15, -0.1) is 0 Å². The normalized spacial score (nSPS) is 14.5. The first-order chi connectivity index (χ1) is 5.27. The fourth-order valence-electron chi connectivity index (χ4n) is 1.28. The molecule has 2 heteroatoms. The number of fused-ring (bicyclic) bond motifs is 1. The summed E-state index contributed by atoms with van der Waals surface area (Å²) in [6.45, 7) is 2.77. The van der Waals surface area contributed by atoms with Crippen molar-refractivity contribution in [2.45, 2.75) is 6.92 Å². The number of anilines is 1. The third-order valence-corrected chi connectivity index (χ3v) is 1.94. The zero-order chi connectivity index (χ0) is 7.84. The third kappa shape index (κ3) is 0.946. The molecule has 0 saturated carbocycles. The summed E-state index contributed by atoms with van der Waals surface area (Å²) in [7, 11) is 2.03. The molecule has 0 spiro atoms. The van der Waals surface area contributed by atoms with Crippen molar-refractivity contribution >= 4 is 5.69 Å². The average molecular weight is 149 g/mol. The zero-order valence-electron chi connectivity index (χ0n) is 6.79. The molecule has 1 aliphatic rings. The van der Waals surface area contributed by atoms with Crippen molar-refractivity contribution in [3.63, 3.8) is 0 Å². The molecule has 58 valence electrons. The molecule has 0 aliphatic carbocycles. The molecule has 0 saturated heterocycles. The van der Waals surface area contributed by atoms with Crippen LogP contribution in [0.15, 0.2) is 18.2 Å². The van der Waals surface area contributed by atoms with Crippen molar-refractivity contribution in [1.29, 1.82) is 0 Å². The van der Waals surface area contributed by atoms with E-state index >= 15 is 0 Å². The first kappa shape index (κ1) is 6.53. The Labute approximate surface area is 66.4 Å². The van der Waals surface area contributed by atoms with Crippen LogP contribution in [-0.4, -0.2) is 13.8 Å². The maximum absolute atomic E-state index is 5.39. The monoisotopic (exact) mass is 149 g/mol. The minimum absolute atomic E-state index is 0.679. The third-order valence-electron chi connectivity index (χ3n) is 1.94. The fourth-order valence-corrected chi connectivity index (χ4v) is 1.28. The lowest BCUT2D eigenvalue weighted by atomic mass is 10.2. The Morgan fingerprint density at radius 3 is 3.09 bits per heavy atom. The summed E-state index contributed by atoms with van der Waals surface area (Å²) in [5.74, 6) is 0.998. The van der Waals surface area contributed by atoms with Crippen LogP contribution in [0.2, 0.25) is 0 Å². The summed E-state index contributed by atoms with van der Waals surface area (Å²) >= 11 is 0. The van der Waals surface area contributed by atoms with Gasteiger partial charge in [-0.2, -0.15) is 0 Å². The fraction of sp³-hybridized carbons (Fsp3) is 0.333. The lowest BCUT2D eigenvalue weighted by Gasteiger charge is -2.07. The highest BCUT2D eigenvalue weighted by molar-refractivity contribution is 5.61. The van der Waals surface area contributed by atoms with Crippen LogP contribution >= 0.6 is 0 Å². The molecule has 0 aromatic heterocycles. The van der Waals surface area contributed by atoms with E-state index in [1.165, 1.54) is 11.3 Å². The quantitative estimate of drug-likeness (QED) is 0.557. The number of hydrogen-bond acceptors (Lipinski definition) is 2. The zero-order valence-corrected chi connectivity index (χ0v) is 6.79. The van der Waals surface area contributed by atoms with Gasteiger partial charge in [-0.1, -0.05) is 6.07 Å². The molecule has 11 heavy (non-hydrogen) atoms. The van der Waals surface area contributed by atoms with E-state index in [2.05, 4.69) is 24.0 Å². The van der Waals surface area contributed by atoms with E-state index in [1.807, 2.05) is 13.1 Å². The van der Waals surface area contributed by atoms with Gasteiger partial charge in [0.1, 0.15) is 5.75 Å². The van der Waals surface area contributed by atoms with E-state index < -0.39 is 0 Å². The Bertz CT molecular complexity index is 283. The van der Waals surface area contributed by atoms with E-state index in [1.54, 1.807) is 0 Å². The molecule has 1 aromatic carbocycles. The highest BCUT2D eigenvalue weighted by atomic mass is 16.5. The highest BCUT2D eigenvalue weighted by Crippen LogP contribution is 2.32. The van der Waals surface area contributed by atoms with Crippen molar-refractivity contribution in [2.24, 2.45) is 0 Å². The Morgan fingerprint density at radius 2 is 2.27 bits per heavy atom. The van der Waals surface area contributed by atoms with Gasteiger partial charge in [0.2, 0.25) is 0 Å². The minimum Gasteiger partial charge on any atom is -0.471 e. The van der Waals surface area contributed by atoms with Crippen LogP contribution in [-0.2, 0) is 0 Å². The van der Waals surface area contributed by atoms with Crippen molar-refractivity contribution in [3.05, 3.63) is 23.8 Å². The Balaban J connectivity index is 2.52. The van der Waals surface area contributed by atoms with Gasteiger partial charge in [0, 0.05) is 7.05 Å². The largest absolute Gasteiger partial charge is 0.471 e. The summed E-state index contributed by atoms with van der Waals surface area (Å²) in [5.41, 5.74) is 2.48. The SMILES string of the molecule is Cc1ccc2c(c1)N(C)CO2. The van der Waals surface area contributed by atoms with Gasteiger partial charge >= 0.3 is 0 Å².